The highest BCUT2D eigenvalue weighted by Gasteiger charge is 2.24. The fraction of sp³-hybridized carbons (Fsp3) is 0.538. The standard InChI is InChI=1S/C13H19FN2/c1-9-3-4-11(7-13(9)14)10(2)16-6-5-12(15)8-16/h3-4,7,10,12H,5-6,8,15H2,1-2H3. The molecule has 1 fully saturated rings. The topological polar surface area (TPSA) is 29.3 Å². The van der Waals surface area contributed by atoms with E-state index in [1.807, 2.05) is 12.1 Å². The molecule has 2 N–H and O–H groups in total. The molecule has 1 aliphatic rings. The Labute approximate surface area is 96.2 Å². The van der Waals surface area contributed by atoms with Gasteiger partial charge in [0.25, 0.3) is 0 Å². The molecule has 2 unspecified atom stereocenters. The van der Waals surface area contributed by atoms with Gasteiger partial charge < -0.3 is 5.73 Å². The highest BCUT2D eigenvalue weighted by molar-refractivity contribution is 5.25. The third kappa shape index (κ3) is 2.25. The minimum absolute atomic E-state index is 0.118. The molecule has 0 amide bonds. The number of halogens is 1. The SMILES string of the molecule is Cc1ccc(C(C)N2CCC(N)C2)cc1F. The maximum absolute atomic E-state index is 13.5. The van der Waals surface area contributed by atoms with Gasteiger partial charge in [-0.3, -0.25) is 4.90 Å². The molecule has 16 heavy (non-hydrogen) atoms. The second kappa shape index (κ2) is 4.52. The van der Waals surface area contributed by atoms with Crippen LogP contribution in [-0.4, -0.2) is 24.0 Å². The van der Waals surface area contributed by atoms with Crippen molar-refractivity contribution in [2.45, 2.75) is 32.4 Å². The highest BCUT2D eigenvalue weighted by atomic mass is 19.1. The van der Waals surface area contributed by atoms with Crippen LogP contribution in [-0.2, 0) is 0 Å². The molecule has 1 aromatic rings. The van der Waals surface area contributed by atoms with Gasteiger partial charge in [0.2, 0.25) is 0 Å². The molecule has 2 nitrogen and oxygen atoms in total. The van der Waals surface area contributed by atoms with E-state index in [1.54, 1.807) is 13.0 Å². The zero-order valence-electron chi connectivity index (χ0n) is 9.91. The molecule has 2 rings (SSSR count). The lowest BCUT2D eigenvalue weighted by molar-refractivity contribution is 0.259. The van der Waals surface area contributed by atoms with Gasteiger partial charge in [-0.15, -0.1) is 0 Å². The molecule has 0 radical (unpaired) electrons. The summed E-state index contributed by atoms with van der Waals surface area (Å²) < 4.78 is 13.5. The largest absolute Gasteiger partial charge is 0.326 e. The van der Waals surface area contributed by atoms with Gasteiger partial charge in [0, 0.05) is 25.2 Å². The van der Waals surface area contributed by atoms with Crippen LogP contribution in [0.2, 0.25) is 0 Å². The van der Waals surface area contributed by atoms with Gasteiger partial charge in [0.15, 0.2) is 0 Å². The predicted octanol–water partition coefficient (Wildman–Crippen LogP) is 2.23. The Morgan fingerprint density at radius 2 is 2.25 bits per heavy atom. The Hall–Kier alpha value is -0.930. The average molecular weight is 222 g/mol. The van der Waals surface area contributed by atoms with Crippen molar-refractivity contribution in [2.75, 3.05) is 13.1 Å². The van der Waals surface area contributed by atoms with Crippen molar-refractivity contribution in [2.24, 2.45) is 5.73 Å². The molecule has 1 aromatic carbocycles. The first-order valence-electron chi connectivity index (χ1n) is 5.83. The summed E-state index contributed by atoms with van der Waals surface area (Å²) in [6.07, 6.45) is 1.04. The average Bonchev–Trinajstić information content (AvgIpc) is 2.68. The van der Waals surface area contributed by atoms with Gasteiger partial charge in [0.1, 0.15) is 5.82 Å². The molecule has 1 heterocycles. The third-order valence-electron chi connectivity index (χ3n) is 3.48. The number of hydrogen-bond donors (Lipinski definition) is 1. The van der Waals surface area contributed by atoms with E-state index in [1.165, 1.54) is 0 Å². The molecule has 1 aliphatic heterocycles. The summed E-state index contributed by atoms with van der Waals surface area (Å²) in [4.78, 5) is 2.31. The number of rotatable bonds is 2. The Balaban J connectivity index is 2.14. The first kappa shape index (κ1) is 11.6. The number of hydrogen-bond acceptors (Lipinski definition) is 2. The number of likely N-dealkylation sites (tertiary alicyclic amines) is 1. The first-order chi connectivity index (χ1) is 7.58. The maximum atomic E-state index is 13.5. The molecular weight excluding hydrogens is 203 g/mol. The summed E-state index contributed by atoms with van der Waals surface area (Å²) in [6.45, 7) is 5.83. The molecule has 1 saturated heterocycles. The van der Waals surface area contributed by atoms with Crippen LogP contribution in [0.3, 0.4) is 0 Å². The zero-order chi connectivity index (χ0) is 11.7. The van der Waals surface area contributed by atoms with Crippen LogP contribution in [0.25, 0.3) is 0 Å². The minimum Gasteiger partial charge on any atom is -0.326 e. The summed E-state index contributed by atoms with van der Waals surface area (Å²) >= 11 is 0. The molecular formula is C13H19FN2. The summed E-state index contributed by atoms with van der Waals surface area (Å²) in [5.41, 5.74) is 7.62. The molecule has 88 valence electrons. The molecule has 0 aromatic heterocycles. The molecule has 0 saturated carbocycles. The van der Waals surface area contributed by atoms with Gasteiger partial charge >= 0.3 is 0 Å². The van der Waals surface area contributed by atoms with Crippen molar-refractivity contribution in [3.63, 3.8) is 0 Å². The lowest BCUT2D eigenvalue weighted by Gasteiger charge is -2.24. The minimum atomic E-state index is -0.118. The number of nitrogens with zero attached hydrogens (tertiary/aromatic N) is 1. The van der Waals surface area contributed by atoms with Gasteiger partial charge in [-0.05, 0) is 37.5 Å². The Kier molecular flexibility index (Phi) is 3.26. The summed E-state index contributed by atoms with van der Waals surface area (Å²) in [5.74, 6) is -0.118. The van der Waals surface area contributed by atoms with Crippen molar-refractivity contribution >= 4 is 0 Å². The summed E-state index contributed by atoms with van der Waals surface area (Å²) in [5, 5.41) is 0. The summed E-state index contributed by atoms with van der Waals surface area (Å²) in [7, 11) is 0. The molecule has 0 spiro atoms. The first-order valence-corrected chi connectivity index (χ1v) is 5.83. The fourth-order valence-corrected chi connectivity index (χ4v) is 2.25. The third-order valence-corrected chi connectivity index (χ3v) is 3.48. The van der Waals surface area contributed by atoms with Crippen LogP contribution in [0, 0.1) is 12.7 Å². The predicted molar refractivity (Wildman–Crippen MR) is 63.7 cm³/mol. The number of nitrogens with two attached hydrogens (primary N) is 1. The van der Waals surface area contributed by atoms with E-state index in [0.717, 1.165) is 25.1 Å². The smallest absolute Gasteiger partial charge is 0.126 e. The molecule has 0 aliphatic carbocycles. The fourth-order valence-electron chi connectivity index (χ4n) is 2.25. The Morgan fingerprint density at radius 1 is 1.50 bits per heavy atom. The van der Waals surface area contributed by atoms with Gasteiger partial charge in [0.05, 0.1) is 0 Å². The lowest BCUT2D eigenvalue weighted by Crippen LogP contribution is -2.28. The van der Waals surface area contributed by atoms with E-state index < -0.39 is 0 Å². The van der Waals surface area contributed by atoms with E-state index in [9.17, 15) is 4.39 Å². The Bertz CT molecular complexity index is 378. The van der Waals surface area contributed by atoms with Crippen LogP contribution < -0.4 is 5.73 Å². The van der Waals surface area contributed by atoms with Crippen LogP contribution in [0.1, 0.15) is 30.5 Å². The van der Waals surface area contributed by atoms with Crippen LogP contribution in [0.15, 0.2) is 18.2 Å². The summed E-state index contributed by atoms with van der Waals surface area (Å²) in [6, 6.07) is 6.02. The maximum Gasteiger partial charge on any atom is 0.126 e. The van der Waals surface area contributed by atoms with E-state index in [-0.39, 0.29) is 17.9 Å². The van der Waals surface area contributed by atoms with Gasteiger partial charge in [-0.2, -0.15) is 0 Å². The zero-order valence-corrected chi connectivity index (χ0v) is 9.91. The second-order valence-electron chi connectivity index (χ2n) is 4.73. The van der Waals surface area contributed by atoms with Crippen molar-refractivity contribution < 1.29 is 4.39 Å². The van der Waals surface area contributed by atoms with Crippen LogP contribution in [0.5, 0.6) is 0 Å². The van der Waals surface area contributed by atoms with Crippen molar-refractivity contribution in [3.05, 3.63) is 35.1 Å². The molecule has 3 heteroatoms. The van der Waals surface area contributed by atoms with Crippen molar-refractivity contribution in [3.8, 4) is 0 Å². The normalized spacial score (nSPS) is 23.6. The van der Waals surface area contributed by atoms with E-state index >= 15 is 0 Å². The lowest BCUT2D eigenvalue weighted by atomic mass is 10.1. The van der Waals surface area contributed by atoms with Crippen molar-refractivity contribution in [1.82, 2.24) is 4.90 Å². The second-order valence-corrected chi connectivity index (χ2v) is 4.73. The van der Waals surface area contributed by atoms with Gasteiger partial charge in [-0.25, -0.2) is 4.39 Å². The van der Waals surface area contributed by atoms with Crippen LogP contribution in [0.4, 0.5) is 4.39 Å². The quantitative estimate of drug-likeness (QED) is 0.831. The molecule has 0 bridgehead atoms. The van der Waals surface area contributed by atoms with Crippen LogP contribution >= 0.6 is 0 Å². The number of aryl methyl sites for hydroxylation is 1. The van der Waals surface area contributed by atoms with E-state index in [4.69, 9.17) is 5.73 Å². The van der Waals surface area contributed by atoms with Crippen molar-refractivity contribution in [1.29, 1.82) is 0 Å². The molecule has 2 atom stereocenters. The monoisotopic (exact) mass is 222 g/mol. The van der Waals surface area contributed by atoms with Gasteiger partial charge in [-0.1, -0.05) is 12.1 Å². The number of benzene rings is 1. The van der Waals surface area contributed by atoms with E-state index in [2.05, 4.69) is 11.8 Å². The highest BCUT2D eigenvalue weighted by Crippen LogP contribution is 2.25. The Morgan fingerprint density at radius 3 is 2.81 bits per heavy atom. The van der Waals surface area contributed by atoms with E-state index in [0.29, 0.717) is 5.56 Å².